The number of hydrogen-bond acceptors (Lipinski definition) is 6. The molecule has 1 saturated heterocycles. The summed E-state index contributed by atoms with van der Waals surface area (Å²) < 4.78 is 19.2. The van der Waals surface area contributed by atoms with Crippen molar-refractivity contribution in [2.45, 2.75) is 18.8 Å². The Balaban J connectivity index is 1.28. The van der Waals surface area contributed by atoms with Crippen LogP contribution < -0.4 is 4.74 Å². The Morgan fingerprint density at radius 2 is 1.88 bits per heavy atom. The number of halogens is 1. The smallest absolute Gasteiger partial charge is 0.255 e. The van der Waals surface area contributed by atoms with Crippen LogP contribution in [0.3, 0.4) is 0 Å². The first-order chi connectivity index (χ1) is 16.7. The number of benzene rings is 1. The Hall–Kier alpha value is -4.20. The van der Waals surface area contributed by atoms with Crippen molar-refractivity contribution in [2.75, 3.05) is 13.1 Å². The fourth-order valence-electron chi connectivity index (χ4n) is 4.07. The van der Waals surface area contributed by atoms with E-state index in [1.54, 1.807) is 42.9 Å². The van der Waals surface area contributed by atoms with Gasteiger partial charge in [-0.05, 0) is 43.2 Å². The Kier molecular flexibility index (Phi) is 6.20. The third kappa shape index (κ3) is 4.91. The van der Waals surface area contributed by atoms with Gasteiger partial charge in [0.1, 0.15) is 17.9 Å². The van der Waals surface area contributed by atoms with Crippen LogP contribution in [0.15, 0.2) is 79.5 Å². The molecule has 1 amide bonds. The molecule has 0 saturated carbocycles. The second kappa shape index (κ2) is 9.74. The molecule has 0 aliphatic carbocycles. The molecule has 1 fully saturated rings. The number of amides is 1. The maximum absolute atomic E-state index is 13.5. The van der Waals surface area contributed by atoms with Crippen LogP contribution in [0, 0.1) is 5.82 Å². The van der Waals surface area contributed by atoms with Crippen LogP contribution >= 0.6 is 0 Å². The number of hydrogen-bond donors (Lipinski definition) is 0. The van der Waals surface area contributed by atoms with Crippen LogP contribution in [-0.2, 0) is 0 Å². The molecule has 0 spiro atoms. The quantitative estimate of drug-likeness (QED) is 0.426. The zero-order chi connectivity index (χ0) is 23.3. The highest BCUT2D eigenvalue weighted by molar-refractivity contribution is 5.94. The normalized spacial score (nSPS) is 15.7. The minimum atomic E-state index is -0.366. The lowest BCUT2D eigenvalue weighted by Gasteiger charge is -2.32. The largest absolute Gasteiger partial charge is 0.439 e. The highest BCUT2D eigenvalue weighted by atomic mass is 19.1. The molecular weight excluding hydrogens is 433 g/mol. The summed E-state index contributed by atoms with van der Waals surface area (Å²) in [6.07, 6.45) is 8.23. The molecule has 1 unspecified atom stereocenters. The van der Waals surface area contributed by atoms with Gasteiger partial charge in [-0.15, -0.1) is 0 Å². The van der Waals surface area contributed by atoms with E-state index < -0.39 is 0 Å². The maximum Gasteiger partial charge on any atom is 0.255 e. The van der Waals surface area contributed by atoms with Crippen LogP contribution in [0.4, 0.5) is 4.39 Å². The lowest BCUT2D eigenvalue weighted by Crippen LogP contribution is -2.39. The Morgan fingerprint density at radius 1 is 1.03 bits per heavy atom. The number of ether oxygens (including phenoxy) is 1. The van der Waals surface area contributed by atoms with Crippen LogP contribution in [-0.4, -0.2) is 43.8 Å². The minimum absolute atomic E-state index is 0.0553. The van der Waals surface area contributed by atoms with Gasteiger partial charge >= 0.3 is 0 Å². The van der Waals surface area contributed by atoms with Gasteiger partial charge in [-0.2, -0.15) is 0 Å². The summed E-state index contributed by atoms with van der Waals surface area (Å²) in [6.45, 7) is 1.24. The van der Waals surface area contributed by atoms with E-state index in [-0.39, 0.29) is 17.6 Å². The van der Waals surface area contributed by atoms with Crippen LogP contribution in [0.5, 0.6) is 11.6 Å². The predicted octanol–water partition coefficient (Wildman–Crippen LogP) is 4.88. The number of rotatable bonds is 5. The van der Waals surface area contributed by atoms with E-state index in [0.717, 1.165) is 24.1 Å². The molecular formula is C26H22FN5O2. The van der Waals surface area contributed by atoms with Gasteiger partial charge in [-0.1, -0.05) is 12.1 Å². The molecule has 0 radical (unpaired) electrons. The van der Waals surface area contributed by atoms with Crippen molar-refractivity contribution < 1.29 is 13.9 Å². The molecule has 1 atom stereocenters. The average Bonchev–Trinajstić information content (AvgIpc) is 2.89. The summed E-state index contributed by atoms with van der Waals surface area (Å²) in [7, 11) is 0. The minimum Gasteiger partial charge on any atom is -0.439 e. The SMILES string of the molecule is O=C(c1ccc(-c2cncnc2)nc1)N1CCCC(c2cccc(Oc3cccc(F)c3)n2)C1. The number of likely N-dealkylation sites (tertiary alicyclic amines) is 1. The summed E-state index contributed by atoms with van der Waals surface area (Å²) in [4.78, 5) is 32.0. The molecule has 4 heterocycles. The van der Waals surface area contributed by atoms with Crippen molar-refractivity contribution in [1.82, 2.24) is 24.8 Å². The zero-order valence-corrected chi connectivity index (χ0v) is 18.3. The number of aromatic nitrogens is 4. The maximum atomic E-state index is 13.5. The summed E-state index contributed by atoms with van der Waals surface area (Å²) in [5.41, 5.74) is 2.90. The number of carbonyl (C=O) groups excluding carboxylic acids is 1. The van der Waals surface area contributed by atoms with E-state index in [9.17, 15) is 9.18 Å². The molecule has 170 valence electrons. The number of pyridine rings is 2. The van der Waals surface area contributed by atoms with Crippen molar-refractivity contribution in [3.63, 3.8) is 0 Å². The van der Waals surface area contributed by atoms with Crippen LogP contribution in [0.1, 0.15) is 34.8 Å². The van der Waals surface area contributed by atoms with E-state index in [1.807, 2.05) is 23.1 Å². The van der Waals surface area contributed by atoms with E-state index in [2.05, 4.69) is 19.9 Å². The van der Waals surface area contributed by atoms with Crippen molar-refractivity contribution in [2.24, 2.45) is 0 Å². The molecule has 3 aromatic heterocycles. The van der Waals surface area contributed by atoms with Gasteiger partial charge in [-0.3, -0.25) is 9.78 Å². The van der Waals surface area contributed by atoms with E-state index in [1.165, 1.54) is 18.5 Å². The molecule has 5 rings (SSSR count). The van der Waals surface area contributed by atoms with Crippen molar-refractivity contribution in [3.8, 4) is 22.9 Å². The molecule has 8 heteroatoms. The first kappa shape index (κ1) is 21.6. The Labute approximate surface area is 196 Å². The van der Waals surface area contributed by atoms with Crippen molar-refractivity contribution in [3.05, 3.63) is 96.6 Å². The molecule has 0 bridgehead atoms. The second-order valence-electron chi connectivity index (χ2n) is 8.11. The molecule has 34 heavy (non-hydrogen) atoms. The van der Waals surface area contributed by atoms with Crippen molar-refractivity contribution >= 4 is 5.91 Å². The van der Waals surface area contributed by atoms with Gasteiger partial charge in [0.15, 0.2) is 0 Å². The van der Waals surface area contributed by atoms with E-state index >= 15 is 0 Å². The molecule has 4 aromatic rings. The monoisotopic (exact) mass is 455 g/mol. The van der Waals surface area contributed by atoms with Gasteiger partial charge < -0.3 is 9.64 Å². The molecule has 7 nitrogen and oxygen atoms in total. The van der Waals surface area contributed by atoms with E-state index in [4.69, 9.17) is 4.74 Å². The number of carbonyl (C=O) groups is 1. The average molecular weight is 455 g/mol. The standard InChI is InChI=1S/C26H22FN5O2/c27-21-5-1-6-22(12-21)34-25-8-2-7-24(31-25)19-4-3-11-32(16-19)26(33)18-9-10-23(30-15-18)20-13-28-17-29-14-20/h1-2,5-10,12-15,17,19H,3-4,11,16H2. The van der Waals surface area contributed by atoms with Crippen LogP contribution in [0.25, 0.3) is 11.3 Å². The van der Waals surface area contributed by atoms with E-state index in [0.29, 0.717) is 36.0 Å². The van der Waals surface area contributed by atoms with Gasteiger partial charge in [0, 0.05) is 61.0 Å². The van der Waals surface area contributed by atoms with Gasteiger partial charge in [-0.25, -0.2) is 19.3 Å². The van der Waals surface area contributed by atoms with Gasteiger partial charge in [0.05, 0.1) is 11.3 Å². The van der Waals surface area contributed by atoms with Crippen molar-refractivity contribution in [1.29, 1.82) is 0 Å². The summed E-state index contributed by atoms with van der Waals surface area (Å²) in [5.74, 6) is 0.455. The fraction of sp³-hybridized carbons (Fsp3) is 0.192. The van der Waals surface area contributed by atoms with Crippen LogP contribution in [0.2, 0.25) is 0 Å². The van der Waals surface area contributed by atoms with Gasteiger partial charge in [0.2, 0.25) is 5.88 Å². The molecule has 1 aliphatic heterocycles. The molecule has 1 aromatic carbocycles. The second-order valence-corrected chi connectivity index (χ2v) is 8.11. The summed E-state index contributed by atoms with van der Waals surface area (Å²) >= 11 is 0. The highest BCUT2D eigenvalue weighted by Gasteiger charge is 2.27. The first-order valence-corrected chi connectivity index (χ1v) is 11.1. The highest BCUT2D eigenvalue weighted by Crippen LogP contribution is 2.29. The third-order valence-electron chi connectivity index (χ3n) is 5.76. The lowest BCUT2D eigenvalue weighted by atomic mass is 9.94. The Bertz CT molecular complexity index is 1280. The lowest BCUT2D eigenvalue weighted by molar-refractivity contribution is 0.0705. The molecule has 1 aliphatic rings. The Morgan fingerprint density at radius 3 is 2.68 bits per heavy atom. The fourth-order valence-corrected chi connectivity index (χ4v) is 4.07. The molecule has 0 N–H and O–H groups in total. The first-order valence-electron chi connectivity index (χ1n) is 11.1. The summed E-state index contributed by atoms with van der Waals surface area (Å²) in [5, 5.41) is 0. The summed E-state index contributed by atoms with van der Waals surface area (Å²) in [6, 6.07) is 15.1. The third-order valence-corrected chi connectivity index (χ3v) is 5.76. The number of nitrogens with zero attached hydrogens (tertiary/aromatic N) is 5. The predicted molar refractivity (Wildman–Crippen MR) is 124 cm³/mol. The van der Waals surface area contributed by atoms with Gasteiger partial charge in [0.25, 0.3) is 5.91 Å². The topological polar surface area (TPSA) is 81.1 Å². The zero-order valence-electron chi connectivity index (χ0n) is 18.3. The number of piperidine rings is 1.